The first kappa shape index (κ1) is 12.2. The first-order valence-corrected chi connectivity index (χ1v) is 6.73. The third-order valence-electron chi connectivity index (χ3n) is 3.58. The van der Waals surface area contributed by atoms with Crippen LogP contribution in [-0.2, 0) is 26.6 Å². The third-order valence-corrected chi connectivity index (χ3v) is 3.58. The molecule has 0 bridgehead atoms. The highest BCUT2D eigenvalue weighted by atomic mass is 15.2. The van der Waals surface area contributed by atoms with Crippen LogP contribution >= 0.6 is 0 Å². The van der Waals surface area contributed by atoms with E-state index in [0.717, 1.165) is 26.1 Å². The highest BCUT2D eigenvalue weighted by Crippen LogP contribution is 2.27. The molecule has 0 aliphatic carbocycles. The molecule has 4 nitrogen and oxygen atoms in total. The Morgan fingerprint density at radius 2 is 2.26 bits per heavy atom. The second-order valence-electron chi connectivity index (χ2n) is 5.32. The van der Waals surface area contributed by atoms with Gasteiger partial charge in [0.2, 0.25) is 0 Å². The maximum Gasteiger partial charge on any atom is 0.0534 e. The zero-order valence-corrected chi connectivity index (χ0v) is 11.6. The summed E-state index contributed by atoms with van der Waals surface area (Å²) in [5.74, 6) is 0. The number of fused-ring (bicyclic) bond motifs is 1. The van der Waals surface area contributed by atoms with Crippen molar-refractivity contribution in [3.63, 3.8) is 0 Å². The first-order chi connectivity index (χ1) is 9.22. The molecular weight excluding hydrogens is 236 g/mol. The van der Waals surface area contributed by atoms with Gasteiger partial charge in [-0.3, -0.25) is 9.58 Å². The van der Waals surface area contributed by atoms with Gasteiger partial charge in [-0.15, -0.1) is 0 Å². The normalized spacial score (nSPS) is 13.6. The Balaban J connectivity index is 1.70. The van der Waals surface area contributed by atoms with Gasteiger partial charge in [0.25, 0.3) is 0 Å². The molecule has 4 heteroatoms. The molecule has 1 N–H and O–H groups in total. The maximum absolute atomic E-state index is 4.21. The van der Waals surface area contributed by atoms with Gasteiger partial charge in [0, 0.05) is 44.1 Å². The van der Waals surface area contributed by atoms with Crippen molar-refractivity contribution in [2.45, 2.75) is 19.5 Å². The Labute approximate surface area is 114 Å². The number of aryl methyl sites for hydroxylation is 1. The standard InChI is InChI=1S/C15H20N4/c1-18(9-12-8-17-19(2)10-12)11-14-5-3-4-13-6-7-16-15(13)14/h3-5,8,10,16H,6-7,9,11H2,1-2H3. The molecule has 1 aliphatic rings. The monoisotopic (exact) mass is 256 g/mol. The van der Waals surface area contributed by atoms with Gasteiger partial charge in [0.1, 0.15) is 0 Å². The highest BCUT2D eigenvalue weighted by molar-refractivity contribution is 5.61. The zero-order chi connectivity index (χ0) is 13.2. The SMILES string of the molecule is CN(Cc1cnn(C)c1)Cc1cccc2c1NCC2. The van der Waals surface area contributed by atoms with Crippen molar-refractivity contribution in [3.8, 4) is 0 Å². The largest absolute Gasteiger partial charge is 0.384 e. The van der Waals surface area contributed by atoms with E-state index in [1.54, 1.807) is 0 Å². The second kappa shape index (κ2) is 5.05. The number of aromatic nitrogens is 2. The van der Waals surface area contributed by atoms with Crippen molar-refractivity contribution in [3.05, 3.63) is 47.3 Å². The minimum absolute atomic E-state index is 0.928. The fourth-order valence-corrected chi connectivity index (χ4v) is 2.75. The topological polar surface area (TPSA) is 33.1 Å². The van der Waals surface area contributed by atoms with E-state index in [2.05, 4.69) is 46.8 Å². The Bertz CT molecular complexity index is 573. The summed E-state index contributed by atoms with van der Waals surface area (Å²) in [6.07, 6.45) is 5.16. The summed E-state index contributed by atoms with van der Waals surface area (Å²) in [7, 11) is 4.11. The predicted molar refractivity (Wildman–Crippen MR) is 77.0 cm³/mol. The number of hydrogen-bond acceptors (Lipinski definition) is 3. The van der Waals surface area contributed by atoms with Crippen molar-refractivity contribution in [1.82, 2.24) is 14.7 Å². The molecule has 2 heterocycles. The number of nitrogens with one attached hydrogen (secondary N) is 1. The maximum atomic E-state index is 4.21. The Hall–Kier alpha value is -1.81. The Morgan fingerprint density at radius 3 is 3.05 bits per heavy atom. The number of rotatable bonds is 4. The van der Waals surface area contributed by atoms with Crippen molar-refractivity contribution in [2.24, 2.45) is 7.05 Å². The van der Waals surface area contributed by atoms with Gasteiger partial charge in [0.05, 0.1) is 6.20 Å². The molecule has 0 amide bonds. The van der Waals surface area contributed by atoms with Gasteiger partial charge in [-0.2, -0.15) is 5.10 Å². The van der Waals surface area contributed by atoms with Crippen molar-refractivity contribution >= 4 is 5.69 Å². The van der Waals surface area contributed by atoms with E-state index in [1.807, 2.05) is 17.9 Å². The Kier molecular flexibility index (Phi) is 3.25. The molecule has 1 aromatic carbocycles. The summed E-state index contributed by atoms with van der Waals surface area (Å²) >= 11 is 0. The number of nitrogens with zero attached hydrogens (tertiary/aromatic N) is 3. The molecule has 0 unspecified atom stereocenters. The average Bonchev–Trinajstić information content (AvgIpc) is 2.98. The summed E-state index contributed by atoms with van der Waals surface area (Å²) in [5.41, 5.74) is 5.44. The van der Waals surface area contributed by atoms with Crippen LogP contribution < -0.4 is 5.32 Å². The first-order valence-electron chi connectivity index (χ1n) is 6.73. The van der Waals surface area contributed by atoms with Crippen LogP contribution in [0.1, 0.15) is 16.7 Å². The molecule has 100 valence electrons. The molecule has 0 atom stereocenters. The number of benzene rings is 1. The van der Waals surface area contributed by atoms with Crippen LogP contribution in [-0.4, -0.2) is 28.3 Å². The van der Waals surface area contributed by atoms with E-state index in [9.17, 15) is 0 Å². The average molecular weight is 256 g/mol. The van der Waals surface area contributed by atoms with Crippen LogP contribution in [0.15, 0.2) is 30.6 Å². The van der Waals surface area contributed by atoms with E-state index in [0.29, 0.717) is 0 Å². The van der Waals surface area contributed by atoms with Crippen LogP contribution in [0.3, 0.4) is 0 Å². The van der Waals surface area contributed by atoms with Crippen LogP contribution in [0.25, 0.3) is 0 Å². The molecular formula is C15H20N4. The number of anilines is 1. The minimum atomic E-state index is 0.928. The quantitative estimate of drug-likeness (QED) is 0.908. The summed E-state index contributed by atoms with van der Waals surface area (Å²) < 4.78 is 1.85. The molecule has 0 radical (unpaired) electrons. The highest BCUT2D eigenvalue weighted by Gasteiger charge is 2.14. The summed E-state index contributed by atoms with van der Waals surface area (Å²) in [5, 5.41) is 7.71. The molecule has 2 aromatic rings. The second-order valence-corrected chi connectivity index (χ2v) is 5.32. The van der Waals surface area contributed by atoms with Crippen molar-refractivity contribution in [1.29, 1.82) is 0 Å². The smallest absolute Gasteiger partial charge is 0.0534 e. The minimum Gasteiger partial charge on any atom is -0.384 e. The molecule has 3 rings (SSSR count). The summed E-state index contributed by atoms with van der Waals surface area (Å²) in [4.78, 5) is 2.33. The predicted octanol–water partition coefficient (Wildman–Crippen LogP) is 2.02. The van der Waals surface area contributed by atoms with Gasteiger partial charge < -0.3 is 5.32 Å². The van der Waals surface area contributed by atoms with Gasteiger partial charge in [-0.25, -0.2) is 0 Å². The lowest BCUT2D eigenvalue weighted by molar-refractivity contribution is 0.319. The lowest BCUT2D eigenvalue weighted by Gasteiger charge is -2.18. The molecule has 19 heavy (non-hydrogen) atoms. The van der Waals surface area contributed by atoms with Crippen LogP contribution in [0.5, 0.6) is 0 Å². The molecule has 1 aliphatic heterocycles. The fraction of sp³-hybridized carbons (Fsp3) is 0.400. The van der Waals surface area contributed by atoms with Gasteiger partial charge >= 0.3 is 0 Å². The van der Waals surface area contributed by atoms with E-state index in [-0.39, 0.29) is 0 Å². The van der Waals surface area contributed by atoms with Gasteiger partial charge in [0.15, 0.2) is 0 Å². The summed E-state index contributed by atoms with van der Waals surface area (Å²) in [6.45, 7) is 2.96. The Morgan fingerprint density at radius 1 is 1.37 bits per heavy atom. The zero-order valence-electron chi connectivity index (χ0n) is 11.6. The van der Waals surface area contributed by atoms with E-state index >= 15 is 0 Å². The van der Waals surface area contributed by atoms with Gasteiger partial charge in [-0.05, 0) is 24.6 Å². The summed E-state index contributed by atoms with van der Waals surface area (Å²) in [6, 6.07) is 6.61. The molecule has 1 aromatic heterocycles. The lowest BCUT2D eigenvalue weighted by Crippen LogP contribution is -2.17. The lowest BCUT2D eigenvalue weighted by atomic mass is 10.1. The molecule has 0 saturated carbocycles. The number of para-hydroxylation sites is 1. The molecule has 0 saturated heterocycles. The van der Waals surface area contributed by atoms with Gasteiger partial charge in [-0.1, -0.05) is 18.2 Å². The van der Waals surface area contributed by atoms with E-state index < -0.39 is 0 Å². The molecule has 0 fully saturated rings. The third kappa shape index (κ3) is 2.63. The van der Waals surface area contributed by atoms with E-state index in [1.165, 1.54) is 22.4 Å². The van der Waals surface area contributed by atoms with Crippen molar-refractivity contribution in [2.75, 3.05) is 18.9 Å². The van der Waals surface area contributed by atoms with Crippen LogP contribution in [0.2, 0.25) is 0 Å². The molecule has 0 spiro atoms. The van der Waals surface area contributed by atoms with E-state index in [4.69, 9.17) is 0 Å². The number of hydrogen-bond donors (Lipinski definition) is 1. The fourth-order valence-electron chi connectivity index (χ4n) is 2.75. The van der Waals surface area contributed by atoms with Crippen LogP contribution in [0.4, 0.5) is 5.69 Å². The van der Waals surface area contributed by atoms with Crippen molar-refractivity contribution < 1.29 is 0 Å². The van der Waals surface area contributed by atoms with Crippen LogP contribution in [0, 0.1) is 0 Å².